The predicted molar refractivity (Wildman–Crippen MR) is 56.8 cm³/mol. The molecule has 0 saturated heterocycles. The summed E-state index contributed by atoms with van der Waals surface area (Å²) < 4.78 is 8.04. The van der Waals surface area contributed by atoms with Crippen LogP contribution in [0.2, 0.25) is 0 Å². The number of imidazole rings is 1. The first-order valence-electron chi connectivity index (χ1n) is 4.54. The van der Waals surface area contributed by atoms with Crippen molar-refractivity contribution in [2.45, 2.75) is 19.9 Å². The fourth-order valence-electron chi connectivity index (χ4n) is 1.42. The molecule has 14 heavy (non-hydrogen) atoms. The molecule has 0 aliphatic carbocycles. The summed E-state index contributed by atoms with van der Waals surface area (Å²) >= 11 is 5.14. The van der Waals surface area contributed by atoms with Gasteiger partial charge in [0.25, 0.3) is 0 Å². The molecule has 2 rings (SSSR count). The van der Waals surface area contributed by atoms with Crippen LogP contribution < -0.4 is 0 Å². The molecule has 3 nitrogen and oxygen atoms in total. The lowest BCUT2D eigenvalue weighted by Gasteiger charge is -1.98. The molecule has 0 saturated carbocycles. The molecule has 0 aliphatic rings. The van der Waals surface area contributed by atoms with Gasteiger partial charge in [0.1, 0.15) is 5.76 Å². The fraction of sp³-hybridized carbons (Fsp3) is 0.300. The maximum atomic E-state index is 5.24. The Bertz CT molecular complexity index is 453. The average molecular weight is 208 g/mol. The third-order valence-corrected chi connectivity index (χ3v) is 2.43. The molecule has 2 heterocycles. The van der Waals surface area contributed by atoms with Crippen LogP contribution in [-0.4, -0.2) is 9.55 Å². The second-order valence-electron chi connectivity index (χ2n) is 3.27. The molecule has 0 aliphatic heterocycles. The smallest absolute Gasteiger partial charge is 0.177 e. The molecule has 0 fully saturated rings. The number of H-pyrrole nitrogens is 1. The van der Waals surface area contributed by atoms with Gasteiger partial charge in [0.05, 0.1) is 6.26 Å². The third kappa shape index (κ3) is 1.96. The molecule has 0 aromatic carbocycles. The van der Waals surface area contributed by atoms with Crippen molar-refractivity contribution < 1.29 is 4.42 Å². The number of aromatic amines is 1. The number of hydrogen-bond donors (Lipinski definition) is 1. The minimum Gasteiger partial charge on any atom is -0.469 e. The van der Waals surface area contributed by atoms with Crippen LogP contribution >= 0.6 is 12.2 Å². The summed E-state index contributed by atoms with van der Waals surface area (Å²) in [5, 5.41) is 0. The SMILES string of the molecule is Cc1cn(CCc2ccco2)c(=S)[nH]1. The zero-order valence-electron chi connectivity index (χ0n) is 7.99. The molecule has 2 aromatic heterocycles. The van der Waals surface area contributed by atoms with E-state index in [0.717, 1.165) is 29.2 Å². The third-order valence-electron chi connectivity index (χ3n) is 2.09. The lowest BCUT2D eigenvalue weighted by Crippen LogP contribution is -1.98. The van der Waals surface area contributed by atoms with Gasteiger partial charge in [-0.1, -0.05) is 0 Å². The van der Waals surface area contributed by atoms with E-state index in [1.54, 1.807) is 6.26 Å². The lowest BCUT2D eigenvalue weighted by atomic mass is 10.3. The van der Waals surface area contributed by atoms with Crippen molar-refractivity contribution in [3.63, 3.8) is 0 Å². The monoisotopic (exact) mass is 208 g/mol. The first kappa shape index (κ1) is 9.27. The zero-order chi connectivity index (χ0) is 9.97. The molecule has 2 aromatic rings. The minimum atomic E-state index is 0.772. The van der Waals surface area contributed by atoms with E-state index in [0.29, 0.717) is 0 Å². The molecule has 1 N–H and O–H groups in total. The quantitative estimate of drug-likeness (QED) is 0.787. The summed E-state index contributed by atoms with van der Waals surface area (Å²) in [6.45, 7) is 2.86. The Kier molecular flexibility index (Phi) is 2.54. The van der Waals surface area contributed by atoms with Crippen molar-refractivity contribution in [3.05, 3.63) is 40.8 Å². The summed E-state index contributed by atoms with van der Waals surface area (Å²) in [5.74, 6) is 0.991. The Morgan fingerprint density at radius 2 is 2.43 bits per heavy atom. The topological polar surface area (TPSA) is 33.9 Å². The molecule has 74 valence electrons. The van der Waals surface area contributed by atoms with Gasteiger partial charge >= 0.3 is 0 Å². The van der Waals surface area contributed by atoms with Crippen molar-refractivity contribution in [2.75, 3.05) is 0 Å². The highest BCUT2D eigenvalue weighted by Gasteiger charge is 1.99. The Labute approximate surface area is 87.4 Å². The van der Waals surface area contributed by atoms with Crippen LogP contribution in [0.5, 0.6) is 0 Å². The van der Waals surface area contributed by atoms with Gasteiger partial charge in [-0.05, 0) is 31.3 Å². The minimum absolute atomic E-state index is 0.772. The molecule has 0 radical (unpaired) electrons. The van der Waals surface area contributed by atoms with Gasteiger partial charge in [-0.3, -0.25) is 0 Å². The van der Waals surface area contributed by atoms with Crippen molar-refractivity contribution in [2.24, 2.45) is 0 Å². The lowest BCUT2D eigenvalue weighted by molar-refractivity contribution is 0.490. The molecule has 0 amide bonds. The maximum absolute atomic E-state index is 5.24. The van der Waals surface area contributed by atoms with Crippen molar-refractivity contribution in [1.82, 2.24) is 9.55 Å². The summed E-state index contributed by atoms with van der Waals surface area (Å²) in [6.07, 6.45) is 4.58. The van der Waals surface area contributed by atoms with E-state index in [1.165, 1.54) is 0 Å². The number of hydrogen-bond acceptors (Lipinski definition) is 2. The first-order chi connectivity index (χ1) is 6.75. The van der Waals surface area contributed by atoms with Gasteiger partial charge in [0, 0.05) is 24.9 Å². The number of nitrogens with one attached hydrogen (secondary N) is 1. The highest BCUT2D eigenvalue weighted by molar-refractivity contribution is 7.71. The van der Waals surface area contributed by atoms with E-state index in [2.05, 4.69) is 4.98 Å². The van der Waals surface area contributed by atoms with Crippen molar-refractivity contribution in [1.29, 1.82) is 0 Å². The van der Waals surface area contributed by atoms with Gasteiger partial charge < -0.3 is 14.0 Å². The number of aromatic nitrogens is 2. The molecule has 0 unspecified atom stereocenters. The Morgan fingerprint density at radius 3 is 3.00 bits per heavy atom. The largest absolute Gasteiger partial charge is 0.469 e. The normalized spacial score (nSPS) is 10.6. The Hall–Kier alpha value is -1.29. The van der Waals surface area contributed by atoms with E-state index >= 15 is 0 Å². The molecule has 0 spiro atoms. The van der Waals surface area contributed by atoms with Crippen LogP contribution in [0, 0.1) is 11.7 Å². The molecule has 0 atom stereocenters. The highest BCUT2D eigenvalue weighted by atomic mass is 32.1. The number of aryl methyl sites for hydroxylation is 3. The molecule has 4 heteroatoms. The van der Waals surface area contributed by atoms with Gasteiger partial charge in [-0.25, -0.2) is 0 Å². The zero-order valence-corrected chi connectivity index (χ0v) is 8.80. The van der Waals surface area contributed by atoms with E-state index < -0.39 is 0 Å². The fourth-order valence-corrected chi connectivity index (χ4v) is 1.72. The molecular weight excluding hydrogens is 196 g/mol. The number of nitrogens with zero attached hydrogens (tertiary/aromatic N) is 1. The van der Waals surface area contributed by atoms with Crippen LogP contribution in [0.4, 0.5) is 0 Å². The standard InChI is InChI=1S/C10H12N2OS/c1-8-7-12(10(14)11-8)5-4-9-3-2-6-13-9/h2-3,6-7H,4-5H2,1H3,(H,11,14). The van der Waals surface area contributed by atoms with Crippen LogP contribution in [0.25, 0.3) is 0 Å². The molecular formula is C10H12N2OS. The number of furan rings is 1. The second-order valence-corrected chi connectivity index (χ2v) is 3.65. The average Bonchev–Trinajstić information content (AvgIpc) is 2.72. The van der Waals surface area contributed by atoms with Crippen LogP contribution in [-0.2, 0) is 13.0 Å². The van der Waals surface area contributed by atoms with Gasteiger partial charge in [0.2, 0.25) is 0 Å². The summed E-state index contributed by atoms with van der Waals surface area (Å²) in [4.78, 5) is 3.08. The maximum Gasteiger partial charge on any atom is 0.177 e. The van der Waals surface area contributed by atoms with Gasteiger partial charge in [-0.15, -0.1) is 0 Å². The van der Waals surface area contributed by atoms with Crippen molar-refractivity contribution >= 4 is 12.2 Å². The van der Waals surface area contributed by atoms with E-state index in [-0.39, 0.29) is 0 Å². The van der Waals surface area contributed by atoms with Gasteiger partial charge in [0.15, 0.2) is 4.77 Å². The Balaban J connectivity index is 2.05. The predicted octanol–water partition coefficient (Wildman–Crippen LogP) is 2.69. The van der Waals surface area contributed by atoms with E-state index in [9.17, 15) is 0 Å². The highest BCUT2D eigenvalue weighted by Crippen LogP contribution is 2.04. The van der Waals surface area contributed by atoms with Crippen LogP contribution in [0.3, 0.4) is 0 Å². The van der Waals surface area contributed by atoms with Crippen LogP contribution in [0.1, 0.15) is 11.5 Å². The second kappa shape index (κ2) is 3.84. The van der Waals surface area contributed by atoms with Crippen molar-refractivity contribution in [3.8, 4) is 0 Å². The van der Waals surface area contributed by atoms with Gasteiger partial charge in [-0.2, -0.15) is 0 Å². The van der Waals surface area contributed by atoms with Crippen LogP contribution in [0.15, 0.2) is 29.0 Å². The first-order valence-corrected chi connectivity index (χ1v) is 4.95. The Morgan fingerprint density at radius 1 is 1.57 bits per heavy atom. The van der Waals surface area contributed by atoms with E-state index in [1.807, 2.05) is 29.8 Å². The van der Waals surface area contributed by atoms with E-state index in [4.69, 9.17) is 16.6 Å². The summed E-state index contributed by atoms with van der Waals surface area (Å²) in [5.41, 5.74) is 1.09. The number of rotatable bonds is 3. The molecule has 0 bridgehead atoms. The summed E-state index contributed by atoms with van der Waals surface area (Å²) in [7, 11) is 0. The summed E-state index contributed by atoms with van der Waals surface area (Å²) in [6, 6.07) is 3.88.